The number of hydrogen-bond donors (Lipinski definition) is 0. The van der Waals surface area contributed by atoms with Crippen molar-refractivity contribution in [2.45, 2.75) is 125 Å². The van der Waals surface area contributed by atoms with E-state index < -0.39 is 5.97 Å². The molecule has 172 valence electrons. The van der Waals surface area contributed by atoms with Gasteiger partial charge in [-0.1, -0.05) is 64.7 Å². The quantitative estimate of drug-likeness (QED) is 0.214. The van der Waals surface area contributed by atoms with Gasteiger partial charge in [0.15, 0.2) is 0 Å². The predicted molar refractivity (Wildman–Crippen MR) is 117 cm³/mol. The molecular weight excluding hydrogens is 387 g/mol. The van der Waals surface area contributed by atoms with E-state index in [0.717, 1.165) is 13.3 Å². The average Bonchev–Trinajstić information content (AvgIpc) is 2.59. The normalized spacial score (nSPS) is 9.83. The molecule has 0 fully saturated rings. The summed E-state index contributed by atoms with van der Waals surface area (Å²) in [4.78, 5) is 19.4. The molecule has 0 aliphatic heterocycles. The third kappa shape index (κ3) is 52.2. The molecule has 0 bridgehead atoms. The van der Waals surface area contributed by atoms with E-state index in [2.05, 4.69) is 6.92 Å². The number of carboxylic acid groups (broad SMARTS) is 1. The molecule has 29 heavy (non-hydrogen) atoms. The van der Waals surface area contributed by atoms with Crippen molar-refractivity contribution < 1.29 is 27.0 Å². The van der Waals surface area contributed by atoms with E-state index in [1.807, 2.05) is 27.7 Å². The van der Waals surface area contributed by atoms with Gasteiger partial charge in [0.1, 0.15) is 0 Å². The monoisotopic (exact) mass is 432 g/mol. The largest absolute Gasteiger partial charge is 0.466 e. The Labute approximate surface area is 186 Å². The van der Waals surface area contributed by atoms with Gasteiger partial charge in [-0.15, -0.1) is 0 Å². The smallest absolute Gasteiger partial charge is 0.302 e. The van der Waals surface area contributed by atoms with Crippen LogP contribution in [-0.2, 0) is 21.9 Å². The molecule has 0 unspecified atom stereocenters. The standard InChI is InChI=1S/C14H28O2.2C3H7O.C2H4O2.Al/c1-3-4-5-6-7-8-9-10-11-12-13-16-14(2)15;2*1-3(2)4;1-2(3)4;/h3-13H2,1-2H3;2*3H,1-2H3;1H3,(H,3,4);/q;2*-1;;+3/p-1. The van der Waals surface area contributed by atoms with Crippen LogP contribution in [0.3, 0.4) is 0 Å². The van der Waals surface area contributed by atoms with Crippen LogP contribution in [0.25, 0.3) is 0 Å². The topological polar surface area (TPSA) is 84.9 Å². The van der Waals surface area contributed by atoms with Crippen molar-refractivity contribution in [1.82, 2.24) is 0 Å². The molecule has 0 aliphatic carbocycles. The molecule has 0 N–H and O–H groups in total. The summed E-state index contributed by atoms with van der Waals surface area (Å²) in [5, 5.41) is 8.89. The first-order chi connectivity index (χ1) is 13.6. The molecule has 0 heterocycles. The molecule has 0 spiro atoms. The Bertz CT molecular complexity index is 336. The number of unbranched alkanes of at least 4 members (excludes halogenated alkanes) is 9. The Morgan fingerprint density at radius 1 is 0.759 bits per heavy atom. The van der Waals surface area contributed by atoms with Crippen LogP contribution in [0.4, 0.5) is 0 Å². The molecule has 0 saturated carbocycles. The maximum Gasteiger partial charge on any atom is 0.302 e. The van der Waals surface area contributed by atoms with Crippen LogP contribution in [0, 0.1) is 0 Å². The van der Waals surface area contributed by atoms with Gasteiger partial charge < -0.3 is 14.6 Å². The van der Waals surface area contributed by atoms with Crippen molar-refractivity contribution in [2.24, 2.45) is 0 Å². The van der Waals surface area contributed by atoms with Gasteiger partial charge in [-0.3, -0.25) is 4.79 Å². The van der Waals surface area contributed by atoms with Crippen molar-refractivity contribution >= 4 is 27.8 Å². The number of aliphatic carboxylic acids is 1. The first kappa shape index (κ1) is 33.0. The molecule has 0 aromatic rings. The van der Waals surface area contributed by atoms with Gasteiger partial charge >= 0.3 is 69.3 Å². The first-order valence-electron chi connectivity index (χ1n) is 11.1. The summed E-state index contributed by atoms with van der Waals surface area (Å²) >= 11 is -0.245. The van der Waals surface area contributed by atoms with E-state index in [9.17, 15) is 4.79 Å². The van der Waals surface area contributed by atoms with Gasteiger partial charge in [-0.2, -0.15) is 0 Å². The Hall–Kier alpha value is -0.608. The Balaban J connectivity index is -0.000000435. The van der Waals surface area contributed by atoms with Crippen molar-refractivity contribution in [1.29, 1.82) is 0 Å². The van der Waals surface area contributed by atoms with Crippen molar-refractivity contribution in [2.75, 3.05) is 6.61 Å². The summed E-state index contributed by atoms with van der Waals surface area (Å²) in [6.07, 6.45) is 13.8. The predicted octanol–water partition coefficient (Wildman–Crippen LogP) is 4.60. The summed E-state index contributed by atoms with van der Waals surface area (Å²) in [7, 11) is 0. The Morgan fingerprint density at radius 2 is 1.10 bits per heavy atom. The van der Waals surface area contributed by atoms with Crippen LogP contribution in [0.15, 0.2) is 0 Å². The average molecular weight is 433 g/mol. The van der Waals surface area contributed by atoms with Gasteiger partial charge in [-0.05, 0) is 13.3 Å². The molecule has 7 heteroatoms. The molecular formula is C22H45AlO6. The Kier molecular flexibility index (Phi) is 31.2. The zero-order valence-electron chi connectivity index (χ0n) is 20.0. The molecule has 0 aliphatic rings. The maximum absolute atomic E-state index is 10.5. The summed E-state index contributed by atoms with van der Waals surface area (Å²) in [6, 6.07) is 0. The third-order valence-electron chi connectivity index (χ3n) is 3.46. The van der Waals surface area contributed by atoms with Crippen LogP contribution in [0.1, 0.15) is 113 Å². The van der Waals surface area contributed by atoms with Crippen LogP contribution in [0.5, 0.6) is 0 Å². The number of esters is 1. The van der Waals surface area contributed by atoms with E-state index in [1.165, 1.54) is 64.7 Å². The number of rotatable bonds is 15. The number of carbonyl (C=O) groups excluding carboxylic acids is 2. The summed E-state index contributed by atoms with van der Waals surface area (Å²) in [6.45, 7) is 13.3. The SMILES string of the molecule is CC(=O)[O-].CC(C)[O][Al+][O]C(C)C.CCCCCCCCCCCCOC(C)=O. The zero-order chi connectivity index (χ0) is 22.9. The van der Waals surface area contributed by atoms with Crippen LogP contribution >= 0.6 is 0 Å². The van der Waals surface area contributed by atoms with E-state index in [1.54, 1.807) is 0 Å². The summed E-state index contributed by atoms with van der Waals surface area (Å²) in [5.74, 6) is -1.24. The van der Waals surface area contributed by atoms with E-state index in [0.29, 0.717) is 18.8 Å². The van der Waals surface area contributed by atoms with Gasteiger partial charge in [0.25, 0.3) is 0 Å². The number of carbonyl (C=O) groups is 2. The second kappa shape index (κ2) is 27.4. The minimum absolute atomic E-state index is 0.157. The third-order valence-corrected chi connectivity index (χ3v) is 4.77. The number of carboxylic acids is 1. The fourth-order valence-electron chi connectivity index (χ4n) is 2.06. The zero-order valence-corrected chi connectivity index (χ0v) is 21.1. The minimum atomic E-state index is -1.08. The van der Waals surface area contributed by atoms with E-state index >= 15 is 0 Å². The van der Waals surface area contributed by atoms with E-state index in [4.69, 9.17) is 22.2 Å². The molecule has 0 amide bonds. The van der Waals surface area contributed by atoms with Gasteiger partial charge in [0, 0.05) is 12.9 Å². The van der Waals surface area contributed by atoms with Crippen LogP contribution in [0.2, 0.25) is 0 Å². The molecule has 0 radical (unpaired) electrons. The second-order valence-electron chi connectivity index (χ2n) is 7.48. The van der Waals surface area contributed by atoms with E-state index in [-0.39, 0.29) is 21.9 Å². The number of ether oxygens (including phenoxy) is 1. The van der Waals surface area contributed by atoms with Crippen LogP contribution < -0.4 is 5.11 Å². The van der Waals surface area contributed by atoms with Crippen molar-refractivity contribution in [3.05, 3.63) is 0 Å². The van der Waals surface area contributed by atoms with Crippen LogP contribution in [-0.4, -0.2) is 46.6 Å². The van der Waals surface area contributed by atoms with Gasteiger partial charge in [0.2, 0.25) is 0 Å². The molecule has 0 saturated heterocycles. The molecule has 6 nitrogen and oxygen atoms in total. The molecule has 0 aromatic carbocycles. The molecule has 0 atom stereocenters. The second-order valence-corrected chi connectivity index (χ2v) is 8.22. The number of hydrogen-bond acceptors (Lipinski definition) is 6. The first-order valence-corrected chi connectivity index (χ1v) is 12.0. The maximum atomic E-state index is 10.5. The fraction of sp³-hybridized carbons (Fsp3) is 0.909. The molecule has 0 aromatic heterocycles. The summed E-state index contributed by atoms with van der Waals surface area (Å²) in [5.41, 5.74) is 0. The fourth-order valence-corrected chi connectivity index (χ4v) is 2.57. The van der Waals surface area contributed by atoms with Gasteiger partial charge in [0.05, 0.1) is 6.61 Å². The Morgan fingerprint density at radius 3 is 1.41 bits per heavy atom. The minimum Gasteiger partial charge on any atom is -0.466 e. The van der Waals surface area contributed by atoms with Crippen molar-refractivity contribution in [3.8, 4) is 0 Å². The molecule has 0 rings (SSSR count). The van der Waals surface area contributed by atoms with Gasteiger partial charge in [-0.25, -0.2) is 0 Å². The summed E-state index contributed by atoms with van der Waals surface area (Å²) < 4.78 is 15.3. The van der Waals surface area contributed by atoms with Crippen molar-refractivity contribution in [3.63, 3.8) is 0 Å².